The van der Waals surface area contributed by atoms with Crippen molar-refractivity contribution in [3.8, 4) is 0 Å². The number of nitrogens with zero attached hydrogens (tertiary/aromatic N) is 3. The molecule has 1 aromatic heterocycles. The summed E-state index contributed by atoms with van der Waals surface area (Å²) in [4.78, 5) is 2.21. The number of rotatable bonds is 4. The number of fused-ring (bicyclic) bond motifs is 1. The van der Waals surface area contributed by atoms with Crippen molar-refractivity contribution in [2.45, 2.75) is 33.0 Å². The molecule has 9 heteroatoms. The van der Waals surface area contributed by atoms with Gasteiger partial charge in [0, 0.05) is 29.5 Å². The number of ether oxygens (including phenoxy) is 1. The molecule has 1 unspecified atom stereocenters. The second kappa shape index (κ2) is 8.54. The van der Waals surface area contributed by atoms with Crippen molar-refractivity contribution in [1.82, 2.24) is 10.2 Å². The molecule has 5 nitrogen and oxygen atoms in total. The Kier molecular flexibility index (Phi) is 5.94. The highest BCUT2D eigenvalue weighted by atomic mass is 19.4. The normalized spacial score (nSPS) is 15.8. The molecule has 32 heavy (non-hydrogen) atoms. The Hall–Kier alpha value is -2.94. The minimum atomic E-state index is -4.63. The summed E-state index contributed by atoms with van der Waals surface area (Å²) in [5.41, 5.74) is 0.975. The molecule has 1 aliphatic rings. The average Bonchev–Trinajstić information content (AvgIpc) is 2.76. The molecule has 1 atom stereocenters. The summed E-state index contributed by atoms with van der Waals surface area (Å²) in [7, 11) is 0. The smallest absolute Gasteiger partial charge is 0.378 e. The molecule has 4 rings (SSSR count). The van der Waals surface area contributed by atoms with Gasteiger partial charge in [-0.2, -0.15) is 18.3 Å². The fourth-order valence-corrected chi connectivity index (χ4v) is 4.13. The van der Waals surface area contributed by atoms with E-state index in [9.17, 15) is 17.6 Å². The second-order valence-electron chi connectivity index (χ2n) is 7.99. The van der Waals surface area contributed by atoms with E-state index in [1.165, 1.54) is 6.92 Å². The summed E-state index contributed by atoms with van der Waals surface area (Å²) < 4.78 is 59.5. The number of hydrogen-bond acceptors (Lipinski definition) is 5. The third kappa shape index (κ3) is 4.34. The number of anilines is 2. The van der Waals surface area contributed by atoms with Gasteiger partial charge in [-0.3, -0.25) is 0 Å². The van der Waals surface area contributed by atoms with Crippen molar-refractivity contribution < 1.29 is 22.3 Å². The number of halogens is 4. The predicted octanol–water partition coefficient (Wildman–Crippen LogP) is 5.41. The third-order valence-corrected chi connectivity index (χ3v) is 5.86. The van der Waals surface area contributed by atoms with Crippen LogP contribution >= 0.6 is 0 Å². The van der Waals surface area contributed by atoms with Crippen LogP contribution in [0.1, 0.15) is 35.3 Å². The van der Waals surface area contributed by atoms with E-state index in [4.69, 9.17) is 4.74 Å². The van der Waals surface area contributed by atoms with E-state index in [2.05, 4.69) is 20.4 Å². The van der Waals surface area contributed by atoms with Crippen molar-refractivity contribution in [2.24, 2.45) is 0 Å². The molecular weight excluding hydrogens is 424 g/mol. The van der Waals surface area contributed by atoms with Crippen molar-refractivity contribution >= 4 is 22.3 Å². The van der Waals surface area contributed by atoms with Gasteiger partial charge in [0.2, 0.25) is 0 Å². The summed E-state index contributed by atoms with van der Waals surface area (Å²) in [6, 6.07) is 7.01. The number of hydrogen-bond donors (Lipinski definition) is 1. The lowest BCUT2D eigenvalue weighted by molar-refractivity contribution is -0.138. The number of nitrogens with one attached hydrogen (secondary N) is 1. The van der Waals surface area contributed by atoms with E-state index in [1.54, 1.807) is 6.92 Å². The third-order valence-electron chi connectivity index (χ3n) is 5.86. The van der Waals surface area contributed by atoms with Gasteiger partial charge in [-0.1, -0.05) is 6.07 Å². The number of morpholine rings is 1. The van der Waals surface area contributed by atoms with Crippen molar-refractivity contribution in [3.63, 3.8) is 0 Å². The molecule has 0 bridgehead atoms. The van der Waals surface area contributed by atoms with Crippen LogP contribution in [0.2, 0.25) is 0 Å². The van der Waals surface area contributed by atoms with Gasteiger partial charge in [0.25, 0.3) is 0 Å². The maximum atomic E-state index is 14.0. The van der Waals surface area contributed by atoms with Gasteiger partial charge in [-0.25, -0.2) is 4.39 Å². The Balaban J connectivity index is 1.73. The fraction of sp³-hybridized carbons (Fsp3) is 0.391. The quantitative estimate of drug-likeness (QED) is 0.541. The Morgan fingerprint density at radius 3 is 2.44 bits per heavy atom. The lowest BCUT2D eigenvalue weighted by Gasteiger charge is -2.29. The Morgan fingerprint density at radius 2 is 1.75 bits per heavy atom. The minimum absolute atomic E-state index is 0.0164. The molecule has 1 fully saturated rings. The Labute approximate surface area is 183 Å². The zero-order valence-corrected chi connectivity index (χ0v) is 18.1. The predicted molar refractivity (Wildman–Crippen MR) is 115 cm³/mol. The van der Waals surface area contributed by atoms with Crippen molar-refractivity contribution in [2.75, 3.05) is 36.5 Å². The lowest BCUT2D eigenvalue weighted by atomic mass is 9.96. The summed E-state index contributed by atoms with van der Waals surface area (Å²) in [5, 5.41) is 13.3. The van der Waals surface area contributed by atoms with E-state index < -0.39 is 23.6 Å². The van der Waals surface area contributed by atoms with Crippen LogP contribution in [0, 0.1) is 19.7 Å². The molecule has 0 saturated carbocycles. The van der Waals surface area contributed by atoms with Crippen LogP contribution in [0.3, 0.4) is 0 Å². The largest absolute Gasteiger partial charge is 0.416 e. The molecule has 0 radical (unpaired) electrons. The maximum Gasteiger partial charge on any atom is 0.416 e. The number of benzene rings is 2. The van der Waals surface area contributed by atoms with Gasteiger partial charge in [0.05, 0.1) is 30.5 Å². The second-order valence-corrected chi connectivity index (χ2v) is 7.99. The van der Waals surface area contributed by atoms with Gasteiger partial charge in [0.1, 0.15) is 5.82 Å². The SMILES string of the molecule is Cc1c(C(C)Nc2nnc(C)c3ccc(N4CCOCC4)cc23)cc(F)cc1C(F)(F)F. The van der Waals surface area contributed by atoms with Crippen LogP contribution in [0.5, 0.6) is 0 Å². The highest BCUT2D eigenvalue weighted by molar-refractivity contribution is 5.95. The van der Waals surface area contributed by atoms with Crippen molar-refractivity contribution in [3.05, 3.63) is 58.5 Å². The van der Waals surface area contributed by atoms with Crippen LogP contribution in [-0.4, -0.2) is 36.5 Å². The molecule has 0 aliphatic carbocycles. The van der Waals surface area contributed by atoms with Crippen LogP contribution < -0.4 is 10.2 Å². The zero-order chi connectivity index (χ0) is 23.0. The van der Waals surface area contributed by atoms with Gasteiger partial charge in [-0.05, 0) is 56.2 Å². The number of alkyl halides is 3. The van der Waals surface area contributed by atoms with E-state index in [-0.39, 0.29) is 11.1 Å². The standard InChI is InChI=1S/C23H24F4N4O/c1-13-19(10-16(24)11-21(13)23(25,26)27)14(2)28-22-20-12-17(31-6-8-32-9-7-31)4-5-18(20)15(3)29-30-22/h4-5,10-12,14H,6-9H2,1-3H3,(H,28,30). The molecule has 0 spiro atoms. The maximum absolute atomic E-state index is 14.0. The van der Waals surface area contributed by atoms with E-state index in [1.807, 2.05) is 25.1 Å². The Morgan fingerprint density at radius 1 is 1.03 bits per heavy atom. The van der Waals surface area contributed by atoms with E-state index >= 15 is 0 Å². The summed E-state index contributed by atoms with van der Waals surface area (Å²) in [6.45, 7) is 7.72. The summed E-state index contributed by atoms with van der Waals surface area (Å²) in [6.07, 6.45) is -4.63. The molecule has 2 aromatic carbocycles. The first-order valence-electron chi connectivity index (χ1n) is 10.4. The van der Waals surface area contributed by atoms with Gasteiger partial charge < -0.3 is 15.0 Å². The Bertz CT molecular complexity index is 1140. The van der Waals surface area contributed by atoms with Gasteiger partial charge >= 0.3 is 6.18 Å². The highest BCUT2D eigenvalue weighted by Gasteiger charge is 2.34. The highest BCUT2D eigenvalue weighted by Crippen LogP contribution is 2.37. The minimum Gasteiger partial charge on any atom is -0.378 e. The first-order chi connectivity index (χ1) is 15.1. The van der Waals surface area contributed by atoms with Crippen LogP contribution in [0.4, 0.5) is 29.1 Å². The fourth-order valence-electron chi connectivity index (χ4n) is 4.13. The van der Waals surface area contributed by atoms with E-state index in [0.29, 0.717) is 25.1 Å². The molecule has 0 amide bonds. The lowest BCUT2D eigenvalue weighted by Crippen LogP contribution is -2.36. The molecular formula is C23H24F4N4O. The molecule has 2 heterocycles. The monoisotopic (exact) mass is 448 g/mol. The summed E-state index contributed by atoms with van der Waals surface area (Å²) >= 11 is 0. The summed E-state index contributed by atoms with van der Waals surface area (Å²) in [5.74, 6) is -0.494. The van der Waals surface area contributed by atoms with Crippen molar-refractivity contribution in [1.29, 1.82) is 0 Å². The molecule has 170 valence electrons. The van der Waals surface area contributed by atoms with Crippen LogP contribution in [-0.2, 0) is 10.9 Å². The van der Waals surface area contributed by atoms with Gasteiger partial charge in [-0.15, -0.1) is 5.10 Å². The zero-order valence-electron chi connectivity index (χ0n) is 18.1. The molecule has 1 N–H and O–H groups in total. The number of aromatic nitrogens is 2. The first kappa shape index (κ1) is 22.3. The number of aryl methyl sites for hydroxylation is 1. The molecule has 1 aliphatic heterocycles. The van der Waals surface area contributed by atoms with Crippen LogP contribution in [0.25, 0.3) is 10.8 Å². The topological polar surface area (TPSA) is 50.3 Å². The average molecular weight is 448 g/mol. The van der Waals surface area contributed by atoms with E-state index in [0.717, 1.165) is 41.3 Å². The molecule has 1 saturated heterocycles. The molecule has 3 aromatic rings. The van der Waals surface area contributed by atoms with Crippen LogP contribution in [0.15, 0.2) is 30.3 Å². The van der Waals surface area contributed by atoms with Gasteiger partial charge in [0.15, 0.2) is 5.82 Å². The first-order valence-corrected chi connectivity index (χ1v) is 10.4.